The van der Waals surface area contributed by atoms with Crippen LogP contribution in [0.1, 0.15) is 32.3 Å². The van der Waals surface area contributed by atoms with Crippen molar-refractivity contribution in [2.24, 2.45) is 0 Å². The summed E-state index contributed by atoms with van der Waals surface area (Å²) in [5, 5.41) is 10.1. The number of likely N-dealkylation sites (N-methyl/N-ethyl adjacent to an activating group) is 1. The lowest BCUT2D eigenvalue weighted by atomic mass is 10.0. The summed E-state index contributed by atoms with van der Waals surface area (Å²) in [5.74, 6) is -1.22. The van der Waals surface area contributed by atoms with E-state index in [2.05, 4.69) is 0 Å². The Kier molecular flexibility index (Phi) is 6.05. The van der Waals surface area contributed by atoms with E-state index in [1.807, 2.05) is 6.07 Å². The third kappa shape index (κ3) is 4.61. The highest BCUT2D eigenvalue weighted by atomic mass is 35.5. The third-order valence-corrected chi connectivity index (χ3v) is 4.32. The highest BCUT2D eigenvalue weighted by molar-refractivity contribution is 6.42. The van der Waals surface area contributed by atoms with Crippen molar-refractivity contribution in [3.05, 3.63) is 33.8 Å². The SMILES string of the molecule is CN(C(=O)CCCc1ccc(Cl)c(Cl)c1)C(C)(C)C(=O)O. The molecule has 0 radical (unpaired) electrons. The van der Waals surface area contributed by atoms with E-state index >= 15 is 0 Å². The minimum Gasteiger partial charge on any atom is -0.480 e. The molecule has 0 unspecified atom stereocenters. The molecule has 4 nitrogen and oxygen atoms in total. The van der Waals surface area contributed by atoms with Gasteiger partial charge in [-0.1, -0.05) is 29.3 Å². The lowest BCUT2D eigenvalue weighted by molar-refractivity contribution is -0.155. The average molecular weight is 332 g/mol. The zero-order chi connectivity index (χ0) is 16.2. The molecule has 0 spiro atoms. The first-order valence-electron chi connectivity index (χ1n) is 6.60. The normalized spacial score (nSPS) is 11.3. The van der Waals surface area contributed by atoms with Crippen LogP contribution in [0.3, 0.4) is 0 Å². The second kappa shape index (κ2) is 7.14. The minimum absolute atomic E-state index is 0.192. The number of carbonyl (C=O) groups is 2. The molecule has 1 aromatic carbocycles. The van der Waals surface area contributed by atoms with Gasteiger partial charge in [-0.15, -0.1) is 0 Å². The summed E-state index contributed by atoms with van der Waals surface area (Å²) < 4.78 is 0. The molecule has 1 N–H and O–H groups in total. The van der Waals surface area contributed by atoms with E-state index < -0.39 is 11.5 Å². The number of carboxylic acids is 1. The van der Waals surface area contributed by atoms with Gasteiger partial charge in [-0.3, -0.25) is 4.79 Å². The van der Waals surface area contributed by atoms with Crippen molar-refractivity contribution in [1.82, 2.24) is 4.90 Å². The number of amides is 1. The number of rotatable bonds is 6. The molecule has 21 heavy (non-hydrogen) atoms. The van der Waals surface area contributed by atoms with Gasteiger partial charge in [0.15, 0.2) is 0 Å². The van der Waals surface area contributed by atoms with Crippen molar-refractivity contribution in [3.8, 4) is 0 Å². The highest BCUT2D eigenvalue weighted by Crippen LogP contribution is 2.23. The Balaban J connectivity index is 2.54. The Morgan fingerprint density at radius 3 is 2.38 bits per heavy atom. The first-order valence-corrected chi connectivity index (χ1v) is 7.36. The largest absolute Gasteiger partial charge is 0.480 e. The van der Waals surface area contributed by atoms with Gasteiger partial charge in [-0.25, -0.2) is 4.79 Å². The summed E-state index contributed by atoms with van der Waals surface area (Å²) in [5.41, 5.74) is -0.210. The molecule has 1 aromatic rings. The molecule has 0 aliphatic carbocycles. The van der Waals surface area contributed by atoms with E-state index in [1.165, 1.54) is 25.8 Å². The Bertz CT molecular complexity index is 544. The topological polar surface area (TPSA) is 57.6 Å². The van der Waals surface area contributed by atoms with Gasteiger partial charge in [0.25, 0.3) is 0 Å². The fourth-order valence-electron chi connectivity index (χ4n) is 1.76. The van der Waals surface area contributed by atoms with Gasteiger partial charge in [0.1, 0.15) is 5.54 Å². The van der Waals surface area contributed by atoms with Crippen LogP contribution < -0.4 is 0 Å². The van der Waals surface area contributed by atoms with Crippen LogP contribution in [0.4, 0.5) is 0 Å². The first kappa shape index (κ1) is 17.8. The predicted molar refractivity (Wildman–Crippen MR) is 83.9 cm³/mol. The molecule has 0 bridgehead atoms. The van der Waals surface area contributed by atoms with Gasteiger partial charge < -0.3 is 10.0 Å². The quantitative estimate of drug-likeness (QED) is 0.865. The van der Waals surface area contributed by atoms with Crippen LogP contribution >= 0.6 is 23.2 Å². The molecule has 0 saturated heterocycles. The van der Waals surface area contributed by atoms with Gasteiger partial charge in [0.2, 0.25) is 5.91 Å². The van der Waals surface area contributed by atoms with E-state index in [4.69, 9.17) is 28.3 Å². The van der Waals surface area contributed by atoms with Crippen LogP contribution in [0.25, 0.3) is 0 Å². The van der Waals surface area contributed by atoms with E-state index in [9.17, 15) is 9.59 Å². The summed E-state index contributed by atoms with van der Waals surface area (Å²) in [6, 6.07) is 5.36. The van der Waals surface area contributed by atoms with Crippen LogP contribution in [0, 0.1) is 0 Å². The highest BCUT2D eigenvalue weighted by Gasteiger charge is 2.34. The molecular formula is C15H19Cl2NO3. The van der Waals surface area contributed by atoms with Crippen molar-refractivity contribution >= 4 is 35.1 Å². The second-order valence-electron chi connectivity index (χ2n) is 5.42. The molecule has 0 saturated carbocycles. The number of aryl methyl sites for hydroxylation is 1. The molecule has 0 aliphatic rings. The summed E-state index contributed by atoms with van der Waals surface area (Å²) in [6.45, 7) is 3.01. The third-order valence-electron chi connectivity index (χ3n) is 3.58. The zero-order valence-corrected chi connectivity index (χ0v) is 13.8. The van der Waals surface area contributed by atoms with Gasteiger partial charge in [0.05, 0.1) is 10.0 Å². The van der Waals surface area contributed by atoms with E-state index in [0.29, 0.717) is 22.9 Å². The number of benzene rings is 1. The van der Waals surface area contributed by atoms with Gasteiger partial charge >= 0.3 is 5.97 Å². The minimum atomic E-state index is -1.21. The van der Waals surface area contributed by atoms with Crippen LogP contribution in [0.5, 0.6) is 0 Å². The van der Waals surface area contributed by atoms with Crippen molar-refractivity contribution in [2.75, 3.05) is 7.05 Å². The van der Waals surface area contributed by atoms with Gasteiger partial charge in [-0.05, 0) is 44.4 Å². The number of hydrogen-bond donors (Lipinski definition) is 1. The zero-order valence-electron chi connectivity index (χ0n) is 12.3. The Morgan fingerprint density at radius 1 is 1.24 bits per heavy atom. The second-order valence-corrected chi connectivity index (χ2v) is 6.23. The molecular weight excluding hydrogens is 313 g/mol. The lowest BCUT2D eigenvalue weighted by Gasteiger charge is -2.31. The van der Waals surface area contributed by atoms with Crippen LogP contribution in [0.2, 0.25) is 10.0 Å². The van der Waals surface area contributed by atoms with E-state index in [0.717, 1.165) is 5.56 Å². The van der Waals surface area contributed by atoms with Crippen molar-refractivity contribution in [1.29, 1.82) is 0 Å². The Labute approximate surface area is 134 Å². The van der Waals surface area contributed by atoms with E-state index in [1.54, 1.807) is 12.1 Å². The molecule has 0 aliphatic heterocycles. The summed E-state index contributed by atoms with van der Waals surface area (Å²) >= 11 is 11.8. The molecule has 0 aromatic heterocycles. The summed E-state index contributed by atoms with van der Waals surface area (Å²) in [7, 11) is 1.51. The number of carbonyl (C=O) groups excluding carboxylic acids is 1. The Morgan fingerprint density at radius 2 is 1.86 bits per heavy atom. The first-order chi connectivity index (χ1) is 9.66. The standard InChI is InChI=1S/C15H19Cl2NO3/c1-15(2,14(20)21)18(3)13(19)6-4-5-10-7-8-11(16)12(17)9-10/h7-9H,4-6H2,1-3H3,(H,20,21). The monoisotopic (exact) mass is 331 g/mol. The summed E-state index contributed by atoms with van der Waals surface area (Å²) in [4.78, 5) is 24.4. The smallest absolute Gasteiger partial charge is 0.329 e. The van der Waals surface area contributed by atoms with Crippen LogP contribution in [-0.2, 0) is 16.0 Å². The maximum absolute atomic E-state index is 12.0. The molecule has 116 valence electrons. The number of carboxylic acid groups (broad SMARTS) is 1. The number of nitrogens with zero attached hydrogens (tertiary/aromatic N) is 1. The fraction of sp³-hybridized carbons (Fsp3) is 0.467. The maximum Gasteiger partial charge on any atom is 0.329 e. The number of hydrogen-bond acceptors (Lipinski definition) is 2. The van der Waals surface area contributed by atoms with Gasteiger partial charge in [-0.2, -0.15) is 0 Å². The molecule has 1 rings (SSSR count). The molecule has 0 atom stereocenters. The summed E-state index contributed by atoms with van der Waals surface area (Å²) in [6.07, 6.45) is 1.59. The number of aliphatic carboxylic acids is 1. The molecule has 1 amide bonds. The van der Waals surface area contributed by atoms with Crippen LogP contribution in [-0.4, -0.2) is 34.5 Å². The maximum atomic E-state index is 12.0. The lowest BCUT2D eigenvalue weighted by Crippen LogP contribution is -2.50. The fourth-order valence-corrected chi connectivity index (χ4v) is 2.08. The van der Waals surface area contributed by atoms with Crippen molar-refractivity contribution < 1.29 is 14.7 Å². The molecule has 0 fully saturated rings. The van der Waals surface area contributed by atoms with Crippen LogP contribution in [0.15, 0.2) is 18.2 Å². The Hall–Kier alpha value is -1.26. The van der Waals surface area contributed by atoms with E-state index in [-0.39, 0.29) is 12.3 Å². The number of halogens is 2. The average Bonchev–Trinajstić information content (AvgIpc) is 2.41. The van der Waals surface area contributed by atoms with Crippen molar-refractivity contribution in [2.45, 2.75) is 38.6 Å². The van der Waals surface area contributed by atoms with Gasteiger partial charge in [0, 0.05) is 13.5 Å². The predicted octanol–water partition coefficient (Wildman–Crippen LogP) is 3.64. The molecule has 6 heteroatoms. The van der Waals surface area contributed by atoms with Crippen molar-refractivity contribution in [3.63, 3.8) is 0 Å². The molecule has 0 heterocycles.